The lowest BCUT2D eigenvalue weighted by Gasteiger charge is -2.18. The molecule has 0 bridgehead atoms. The Morgan fingerprint density at radius 1 is 1.26 bits per heavy atom. The number of imide groups is 1. The number of urea groups is 1. The molecule has 0 fully saturated rings. The minimum absolute atomic E-state index is 0.0718. The lowest BCUT2D eigenvalue weighted by atomic mass is 10.5. The van der Waals surface area contributed by atoms with Crippen molar-refractivity contribution in [1.29, 1.82) is 0 Å². The minimum Gasteiger partial charge on any atom is -0.480 e. The first kappa shape index (κ1) is 17.3. The van der Waals surface area contributed by atoms with Crippen LogP contribution in [0.5, 0.6) is 0 Å². The number of carbonyl (C=O) groups is 3. The first-order valence-corrected chi connectivity index (χ1v) is 5.79. The van der Waals surface area contributed by atoms with Gasteiger partial charge in [-0.25, -0.2) is 9.59 Å². The standard InChI is InChI=1S/C11H20N2O6/c1-8(2)19-5-4-13(3)11(17)12-9(14)6-18-7-10(15)16/h8H,4-7H2,1-3H3,(H,15,16)(H,12,14,17). The molecule has 0 unspecified atom stereocenters. The lowest BCUT2D eigenvalue weighted by molar-refractivity contribution is -0.143. The Kier molecular flexibility index (Phi) is 8.47. The van der Waals surface area contributed by atoms with E-state index < -0.39 is 31.1 Å². The molecule has 0 saturated heterocycles. The average Bonchev–Trinajstić information content (AvgIpc) is 2.27. The molecule has 0 heterocycles. The predicted molar refractivity (Wildman–Crippen MR) is 65.7 cm³/mol. The van der Waals surface area contributed by atoms with Crippen molar-refractivity contribution in [3.63, 3.8) is 0 Å². The summed E-state index contributed by atoms with van der Waals surface area (Å²) in [7, 11) is 1.52. The molecule has 0 aromatic heterocycles. The fourth-order valence-electron chi connectivity index (χ4n) is 1.01. The van der Waals surface area contributed by atoms with Gasteiger partial charge in [0.1, 0.15) is 13.2 Å². The number of carbonyl (C=O) groups excluding carboxylic acids is 2. The van der Waals surface area contributed by atoms with Crippen molar-refractivity contribution < 1.29 is 29.0 Å². The summed E-state index contributed by atoms with van der Waals surface area (Å²) >= 11 is 0. The van der Waals surface area contributed by atoms with Gasteiger partial charge in [-0.1, -0.05) is 0 Å². The molecule has 0 saturated carbocycles. The Hall–Kier alpha value is -1.67. The van der Waals surface area contributed by atoms with Gasteiger partial charge < -0.3 is 19.5 Å². The van der Waals surface area contributed by atoms with Crippen molar-refractivity contribution in [3.8, 4) is 0 Å². The molecular formula is C11H20N2O6. The molecular weight excluding hydrogens is 256 g/mol. The third-order valence-corrected chi connectivity index (χ3v) is 1.93. The van der Waals surface area contributed by atoms with E-state index in [-0.39, 0.29) is 6.10 Å². The maximum absolute atomic E-state index is 11.5. The van der Waals surface area contributed by atoms with Gasteiger partial charge in [-0.15, -0.1) is 0 Å². The van der Waals surface area contributed by atoms with Crippen LogP contribution >= 0.6 is 0 Å². The highest BCUT2D eigenvalue weighted by molar-refractivity contribution is 5.94. The number of aliphatic carboxylic acids is 1. The van der Waals surface area contributed by atoms with E-state index in [0.717, 1.165) is 0 Å². The second kappa shape index (κ2) is 9.29. The number of nitrogens with zero attached hydrogens (tertiary/aromatic N) is 1. The van der Waals surface area contributed by atoms with Gasteiger partial charge in [-0.3, -0.25) is 10.1 Å². The first-order valence-electron chi connectivity index (χ1n) is 5.79. The largest absolute Gasteiger partial charge is 0.480 e. The second-order valence-electron chi connectivity index (χ2n) is 4.08. The highest BCUT2D eigenvalue weighted by Gasteiger charge is 2.13. The Morgan fingerprint density at radius 3 is 2.42 bits per heavy atom. The number of hydrogen-bond acceptors (Lipinski definition) is 5. The van der Waals surface area contributed by atoms with E-state index >= 15 is 0 Å². The zero-order chi connectivity index (χ0) is 14.8. The van der Waals surface area contributed by atoms with E-state index in [2.05, 4.69) is 10.1 Å². The third-order valence-electron chi connectivity index (χ3n) is 1.93. The van der Waals surface area contributed by atoms with Gasteiger partial charge in [-0.05, 0) is 13.8 Å². The van der Waals surface area contributed by atoms with Crippen LogP contribution in [0.1, 0.15) is 13.8 Å². The Balaban J connectivity index is 3.81. The molecule has 8 heteroatoms. The zero-order valence-electron chi connectivity index (χ0n) is 11.3. The van der Waals surface area contributed by atoms with E-state index in [0.29, 0.717) is 13.2 Å². The van der Waals surface area contributed by atoms with Crippen LogP contribution in [0.3, 0.4) is 0 Å². The van der Waals surface area contributed by atoms with Crippen molar-refractivity contribution in [2.45, 2.75) is 20.0 Å². The molecule has 8 nitrogen and oxygen atoms in total. The number of nitrogens with one attached hydrogen (secondary N) is 1. The topological polar surface area (TPSA) is 105 Å². The van der Waals surface area contributed by atoms with E-state index in [9.17, 15) is 14.4 Å². The maximum atomic E-state index is 11.5. The molecule has 0 aliphatic carbocycles. The quantitative estimate of drug-likeness (QED) is 0.629. The molecule has 0 aliphatic rings. The first-order chi connectivity index (χ1) is 8.82. The summed E-state index contributed by atoms with van der Waals surface area (Å²) in [6, 6.07) is -0.587. The smallest absolute Gasteiger partial charge is 0.329 e. The monoisotopic (exact) mass is 276 g/mol. The second-order valence-corrected chi connectivity index (χ2v) is 4.08. The third kappa shape index (κ3) is 9.98. The molecule has 3 amide bonds. The number of ether oxygens (including phenoxy) is 2. The molecule has 110 valence electrons. The van der Waals surface area contributed by atoms with Crippen molar-refractivity contribution >= 4 is 17.9 Å². The van der Waals surface area contributed by atoms with Crippen molar-refractivity contribution in [2.24, 2.45) is 0 Å². The van der Waals surface area contributed by atoms with Crippen LogP contribution in [0.25, 0.3) is 0 Å². The Morgan fingerprint density at radius 2 is 1.89 bits per heavy atom. The summed E-state index contributed by atoms with van der Waals surface area (Å²) in [5, 5.41) is 10.4. The highest BCUT2D eigenvalue weighted by Crippen LogP contribution is 1.90. The van der Waals surface area contributed by atoms with Crippen LogP contribution in [0.4, 0.5) is 4.79 Å². The molecule has 0 aromatic rings. The van der Waals surface area contributed by atoms with E-state index in [1.165, 1.54) is 11.9 Å². The molecule has 0 aliphatic heterocycles. The SMILES string of the molecule is CC(C)OCCN(C)C(=O)NC(=O)COCC(=O)O. The molecule has 19 heavy (non-hydrogen) atoms. The van der Waals surface area contributed by atoms with Crippen LogP contribution in [0.15, 0.2) is 0 Å². The van der Waals surface area contributed by atoms with Crippen LogP contribution < -0.4 is 5.32 Å². The summed E-state index contributed by atoms with van der Waals surface area (Å²) in [6.07, 6.45) is 0.0718. The molecule has 0 atom stereocenters. The summed E-state index contributed by atoms with van der Waals surface area (Å²) in [4.78, 5) is 34.1. The average molecular weight is 276 g/mol. The van der Waals surface area contributed by atoms with E-state index in [4.69, 9.17) is 9.84 Å². The van der Waals surface area contributed by atoms with Crippen molar-refractivity contribution in [1.82, 2.24) is 10.2 Å². The van der Waals surface area contributed by atoms with E-state index in [1.807, 2.05) is 13.8 Å². The summed E-state index contributed by atoms with van der Waals surface area (Å²) in [5.41, 5.74) is 0. The zero-order valence-corrected chi connectivity index (χ0v) is 11.3. The molecule has 2 N–H and O–H groups in total. The normalized spacial score (nSPS) is 10.3. The van der Waals surface area contributed by atoms with Crippen LogP contribution in [0.2, 0.25) is 0 Å². The fraction of sp³-hybridized carbons (Fsp3) is 0.727. The fourth-order valence-corrected chi connectivity index (χ4v) is 1.01. The van der Waals surface area contributed by atoms with Gasteiger partial charge >= 0.3 is 12.0 Å². The van der Waals surface area contributed by atoms with Gasteiger partial charge in [0.15, 0.2) is 0 Å². The number of likely N-dealkylation sites (N-methyl/N-ethyl adjacent to an activating group) is 1. The number of rotatable bonds is 8. The van der Waals surface area contributed by atoms with Crippen molar-refractivity contribution in [2.75, 3.05) is 33.4 Å². The lowest BCUT2D eigenvalue weighted by Crippen LogP contribution is -2.43. The van der Waals surface area contributed by atoms with Gasteiger partial charge in [0, 0.05) is 13.6 Å². The van der Waals surface area contributed by atoms with E-state index in [1.54, 1.807) is 0 Å². The van der Waals surface area contributed by atoms with Gasteiger partial charge in [0.2, 0.25) is 0 Å². The number of carboxylic acid groups (broad SMARTS) is 1. The highest BCUT2D eigenvalue weighted by atomic mass is 16.5. The molecule has 0 radical (unpaired) electrons. The number of hydrogen-bond donors (Lipinski definition) is 2. The Labute approximate surface area is 111 Å². The van der Waals surface area contributed by atoms with Crippen LogP contribution in [0, 0.1) is 0 Å². The van der Waals surface area contributed by atoms with Crippen LogP contribution in [-0.2, 0) is 19.1 Å². The van der Waals surface area contributed by atoms with Gasteiger partial charge in [0.05, 0.1) is 12.7 Å². The summed E-state index contributed by atoms with van der Waals surface area (Å²) in [6.45, 7) is 3.40. The maximum Gasteiger partial charge on any atom is 0.329 e. The predicted octanol–water partition coefficient (Wildman–Crippen LogP) is -0.319. The summed E-state index contributed by atoms with van der Waals surface area (Å²) in [5.74, 6) is -1.87. The van der Waals surface area contributed by atoms with Crippen molar-refractivity contribution in [3.05, 3.63) is 0 Å². The number of carboxylic acids is 1. The molecule has 0 aromatic carbocycles. The minimum atomic E-state index is -1.18. The molecule has 0 rings (SSSR count). The van der Waals surface area contributed by atoms with Gasteiger partial charge in [-0.2, -0.15) is 0 Å². The van der Waals surface area contributed by atoms with Gasteiger partial charge in [0.25, 0.3) is 5.91 Å². The van der Waals surface area contributed by atoms with Crippen LogP contribution in [-0.4, -0.2) is 67.4 Å². The molecule has 0 spiro atoms. The Bertz CT molecular complexity index is 318. The number of amides is 3. The summed E-state index contributed by atoms with van der Waals surface area (Å²) < 4.78 is 9.81.